The zero-order valence-electron chi connectivity index (χ0n) is 19.0. The zero-order chi connectivity index (χ0) is 22.9. The monoisotopic (exact) mass is 451 g/mol. The number of rotatable bonds is 5. The van der Waals surface area contributed by atoms with Crippen molar-refractivity contribution >= 4 is 26.6 Å². The molecule has 0 aromatic carbocycles. The van der Waals surface area contributed by atoms with Crippen molar-refractivity contribution in [2.24, 2.45) is 4.36 Å². The topological polar surface area (TPSA) is 91.7 Å². The van der Waals surface area contributed by atoms with E-state index in [-0.39, 0.29) is 6.10 Å². The summed E-state index contributed by atoms with van der Waals surface area (Å²) in [6.45, 7) is 5.75. The van der Waals surface area contributed by atoms with Crippen molar-refractivity contribution in [3.63, 3.8) is 0 Å². The Morgan fingerprint density at radius 3 is 2.59 bits per heavy atom. The van der Waals surface area contributed by atoms with E-state index in [2.05, 4.69) is 39.4 Å². The number of piperidine rings is 1. The Morgan fingerprint density at radius 1 is 1.25 bits per heavy atom. The summed E-state index contributed by atoms with van der Waals surface area (Å²) < 4.78 is 12.3. The molecule has 0 radical (unpaired) electrons. The minimum Gasteiger partial charge on any atom is -0.474 e. The maximum absolute atomic E-state index is 9.52. The van der Waals surface area contributed by atoms with Gasteiger partial charge in [-0.2, -0.15) is 10.4 Å². The standard InChI is InChI=1S/C23H29N7OS/c1-16(2)31-21-15-30-23(18(12-24)14-26-30)22(27-21)17-6-7-20(25-13-17)29-10-8-19(9-11-29)28-32(3,4)5/h6-7,13-16,19H,3,8-11H2,1-2,4-5H3. The van der Waals surface area contributed by atoms with Gasteiger partial charge in [-0.15, -0.1) is 9.41 Å². The average Bonchev–Trinajstić information content (AvgIpc) is 3.15. The van der Waals surface area contributed by atoms with Gasteiger partial charge in [0.05, 0.1) is 24.5 Å². The van der Waals surface area contributed by atoms with Crippen LogP contribution < -0.4 is 9.64 Å². The molecule has 32 heavy (non-hydrogen) atoms. The van der Waals surface area contributed by atoms with Crippen molar-refractivity contribution < 1.29 is 4.74 Å². The molecule has 0 spiro atoms. The molecule has 1 aliphatic rings. The van der Waals surface area contributed by atoms with E-state index in [1.165, 1.54) is 0 Å². The molecule has 1 fully saturated rings. The first-order valence-corrected chi connectivity index (χ1v) is 13.3. The lowest BCUT2D eigenvalue weighted by Crippen LogP contribution is -2.36. The van der Waals surface area contributed by atoms with Gasteiger partial charge in [0.25, 0.3) is 0 Å². The van der Waals surface area contributed by atoms with Gasteiger partial charge in [0.2, 0.25) is 5.88 Å². The summed E-state index contributed by atoms with van der Waals surface area (Å²) in [5, 5.41) is 13.8. The molecule has 0 bridgehead atoms. The van der Waals surface area contributed by atoms with E-state index in [1.54, 1.807) is 16.9 Å². The Kier molecular flexibility index (Phi) is 6.07. The van der Waals surface area contributed by atoms with Gasteiger partial charge in [-0.1, -0.05) is 5.87 Å². The number of nitrogens with zero attached hydrogens (tertiary/aromatic N) is 7. The molecule has 4 rings (SSSR count). The quantitative estimate of drug-likeness (QED) is 0.552. The van der Waals surface area contributed by atoms with Gasteiger partial charge in [-0.3, -0.25) is 4.36 Å². The maximum atomic E-state index is 9.52. The molecule has 3 aromatic rings. The second-order valence-electron chi connectivity index (χ2n) is 8.77. The van der Waals surface area contributed by atoms with Crippen LogP contribution in [0.4, 0.5) is 5.82 Å². The highest BCUT2D eigenvalue weighted by atomic mass is 32.2. The molecule has 8 nitrogen and oxygen atoms in total. The predicted octanol–water partition coefficient (Wildman–Crippen LogP) is 3.45. The molecule has 4 heterocycles. The molecular weight excluding hydrogens is 422 g/mol. The number of fused-ring (bicyclic) bond motifs is 1. The third-order valence-electron chi connectivity index (χ3n) is 5.20. The van der Waals surface area contributed by atoms with Crippen LogP contribution in [-0.2, 0) is 9.41 Å². The first-order chi connectivity index (χ1) is 15.2. The maximum Gasteiger partial charge on any atom is 0.233 e. The fourth-order valence-corrected chi connectivity index (χ4v) is 4.91. The van der Waals surface area contributed by atoms with E-state index in [9.17, 15) is 5.26 Å². The van der Waals surface area contributed by atoms with Gasteiger partial charge >= 0.3 is 0 Å². The van der Waals surface area contributed by atoms with Gasteiger partial charge in [0.15, 0.2) is 0 Å². The first kappa shape index (κ1) is 22.1. The van der Waals surface area contributed by atoms with Gasteiger partial charge in [-0.25, -0.2) is 14.5 Å². The van der Waals surface area contributed by atoms with E-state index < -0.39 is 9.41 Å². The highest BCUT2D eigenvalue weighted by molar-refractivity contribution is 8.01. The lowest BCUT2D eigenvalue weighted by atomic mass is 10.1. The van der Waals surface area contributed by atoms with Crippen molar-refractivity contribution in [2.75, 3.05) is 30.5 Å². The second-order valence-corrected chi connectivity index (χ2v) is 11.9. The molecule has 0 N–H and O–H groups in total. The van der Waals surface area contributed by atoms with Gasteiger partial charge < -0.3 is 9.64 Å². The van der Waals surface area contributed by atoms with Crippen LogP contribution in [0.25, 0.3) is 16.8 Å². The fraction of sp³-hybridized carbons (Fsp3) is 0.435. The Morgan fingerprint density at radius 2 is 2.00 bits per heavy atom. The Hall–Kier alpha value is -3.12. The average molecular weight is 452 g/mol. The summed E-state index contributed by atoms with van der Waals surface area (Å²) in [6.07, 6.45) is 11.3. The van der Waals surface area contributed by atoms with Crippen molar-refractivity contribution in [1.29, 1.82) is 5.26 Å². The number of pyridine rings is 1. The molecule has 1 aliphatic heterocycles. The minimum absolute atomic E-state index is 0.0235. The summed E-state index contributed by atoms with van der Waals surface area (Å²) in [5.74, 6) is 5.58. The number of anilines is 1. The van der Waals surface area contributed by atoms with Gasteiger partial charge in [-0.05, 0) is 51.3 Å². The number of aromatic nitrogens is 4. The summed E-state index contributed by atoms with van der Waals surface area (Å²) in [5.41, 5.74) is 2.57. The Labute approximate surface area is 189 Å². The lowest BCUT2D eigenvalue weighted by molar-refractivity contribution is 0.231. The van der Waals surface area contributed by atoms with Crippen LogP contribution in [0.3, 0.4) is 0 Å². The highest BCUT2D eigenvalue weighted by Crippen LogP contribution is 2.29. The predicted molar refractivity (Wildman–Crippen MR) is 131 cm³/mol. The Bertz CT molecular complexity index is 1260. The lowest BCUT2D eigenvalue weighted by Gasteiger charge is -2.31. The van der Waals surface area contributed by atoms with Crippen molar-refractivity contribution in [3.8, 4) is 23.2 Å². The van der Waals surface area contributed by atoms with Crippen LogP contribution >= 0.6 is 0 Å². The number of ether oxygens (including phenoxy) is 1. The van der Waals surface area contributed by atoms with Gasteiger partial charge in [0, 0.05) is 24.8 Å². The summed E-state index contributed by atoms with van der Waals surface area (Å²) in [6, 6.07) is 6.60. The van der Waals surface area contributed by atoms with Crippen molar-refractivity contribution in [2.45, 2.75) is 38.8 Å². The summed E-state index contributed by atoms with van der Waals surface area (Å²) in [7, 11) is -1.08. The molecule has 0 aliphatic carbocycles. The highest BCUT2D eigenvalue weighted by Gasteiger charge is 2.21. The van der Waals surface area contributed by atoms with Gasteiger partial charge in [0.1, 0.15) is 28.7 Å². The molecule has 0 amide bonds. The molecule has 1 saturated heterocycles. The molecule has 0 atom stereocenters. The Balaban J connectivity index is 1.61. The smallest absolute Gasteiger partial charge is 0.233 e. The second kappa shape index (κ2) is 8.79. The number of hydrogen-bond donors (Lipinski definition) is 0. The van der Waals surface area contributed by atoms with Crippen LogP contribution in [0.1, 0.15) is 32.3 Å². The van der Waals surface area contributed by atoms with Crippen molar-refractivity contribution in [3.05, 3.63) is 36.3 Å². The van der Waals surface area contributed by atoms with Crippen LogP contribution in [-0.4, -0.2) is 63.2 Å². The van der Waals surface area contributed by atoms with E-state index in [4.69, 9.17) is 14.1 Å². The van der Waals surface area contributed by atoms with Crippen LogP contribution in [0.5, 0.6) is 5.88 Å². The zero-order valence-corrected chi connectivity index (χ0v) is 19.8. The third kappa shape index (κ3) is 4.86. The van der Waals surface area contributed by atoms with E-state index >= 15 is 0 Å². The molecular formula is C23H29N7OS. The minimum atomic E-state index is -1.08. The summed E-state index contributed by atoms with van der Waals surface area (Å²) >= 11 is 0. The molecule has 9 heteroatoms. The fourth-order valence-electron chi connectivity index (χ4n) is 3.89. The normalized spacial score (nSPS) is 15.2. The SMILES string of the molecule is C=S(C)(C)=NC1CCN(c2ccc(-c3nc(OC(C)C)cn4ncc(C#N)c34)cn2)CC1. The molecule has 168 valence electrons. The molecule has 0 saturated carbocycles. The van der Waals surface area contributed by atoms with Crippen molar-refractivity contribution in [1.82, 2.24) is 19.6 Å². The van der Waals surface area contributed by atoms with Crippen LogP contribution in [0, 0.1) is 11.3 Å². The molecule has 0 unspecified atom stereocenters. The van der Waals surface area contributed by atoms with E-state index in [0.717, 1.165) is 37.3 Å². The number of hydrogen-bond acceptors (Lipinski definition) is 7. The summed E-state index contributed by atoms with van der Waals surface area (Å²) in [4.78, 5) is 11.7. The first-order valence-electron chi connectivity index (χ1n) is 10.7. The number of nitriles is 1. The largest absolute Gasteiger partial charge is 0.474 e. The van der Waals surface area contributed by atoms with Crippen LogP contribution in [0.2, 0.25) is 0 Å². The van der Waals surface area contributed by atoms with E-state index in [0.29, 0.717) is 28.7 Å². The molecule has 3 aromatic heterocycles. The van der Waals surface area contributed by atoms with E-state index in [1.807, 2.05) is 32.2 Å². The van der Waals surface area contributed by atoms with Crippen LogP contribution in [0.15, 0.2) is 35.1 Å². The third-order valence-corrected chi connectivity index (χ3v) is 6.06.